The summed E-state index contributed by atoms with van der Waals surface area (Å²) in [6, 6.07) is 0. The Labute approximate surface area is 115 Å². The molecule has 0 saturated carbocycles. The van der Waals surface area contributed by atoms with Crippen molar-refractivity contribution in [3.8, 4) is 0 Å². The molecule has 1 aromatic heterocycles. The van der Waals surface area contributed by atoms with Crippen molar-refractivity contribution in [3.05, 3.63) is 16.1 Å². The van der Waals surface area contributed by atoms with Gasteiger partial charge in [-0.1, -0.05) is 34.6 Å². The standard InChI is InChI=1S/C15H26N2S/c1-11(2)15(7-6-8-16-15)9-13-17-12(10-18-13)14(3,4)5/h10-11,16H,6-9H2,1-5H3. The molecule has 1 unspecified atom stereocenters. The Hall–Kier alpha value is -0.410. The number of thiazole rings is 1. The van der Waals surface area contributed by atoms with Crippen LogP contribution in [0.1, 0.15) is 58.2 Å². The van der Waals surface area contributed by atoms with E-state index >= 15 is 0 Å². The summed E-state index contributed by atoms with van der Waals surface area (Å²) in [4.78, 5) is 4.85. The topological polar surface area (TPSA) is 24.9 Å². The number of hydrogen-bond acceptors (Lipinski definition) is 3. The summed E-state index contributed by atoms with van der Waals surface area (Å²) in [5.41, 5.74) is 1.69. The minimum Gasteiger partial charge on any atom is -0.311 e. The molecule has 1 aromatic rings. The minimum absolute atomic E-state index is 0.169. The van der Waals surface area contributed by atoms with Crippen molar-refractivity contribution in [1.82, 2.24) is 10.3 Å². The first kappa shape index (κ1) is 14.0. The summed E-state index contributed by atoms with van der Waals surface area (Å²) in [5, 5.41) is 7.26. The normalized spacial score (nSPS) is 25.0. The maximum absolute atomic E-state index is 4.85. The van der Waals surface area contributed by atoms with Crippen LogP contribution < -0.4 is 5.32 Å². The third-order valence-corrected chi connectivity index (χ3v) is 5.02. The number of nitrogens with zero attached hydrogens (tertiary/aromatic N) is 1. The van der Waals surface area contributed by atoms with Gasteiger partial charge in [-0.25, -0.2) is 4.98 Å². The van der Waals surface area contributed by atoms with Crippen molar-refractivity contribution in [2.45, 2.75) is 64.8 Å². The highest BCUT2D eigenvalue weighted by molar-refractivity contribution is 7.09. The third kappa shape index (κ3) is 2.77. The molecule has 0 amide bonds. The Balaban J connectivity index is 2.15. The van der Waals surface area contributed by atoms with Gasteiger partial charge in [-0.15, -0.1) is 11.3 Å². The SMILES string of the molecule is CC(C)C1(Cc2nc(C(C)(C)C)cs2)CCCN1. The number of nitrogens with one attached hydrogen (secondary N) is 1. The predicted octanol–water partition coefficient (Wildman–Crippen LogP) is 3.76. The van der Waals surface area contributed by atoms with E-state index < -0.39 is 0 Å². The molecule has 102 valence electrons. The molecule has 2 nitrogen and oxygen atoms in total. The maximum Gasteiger partial charge on any atom is 0.0947 e. The van der Waals surface area contributed by atoms with Crippen molar-refractivity contribution in [2.75, 3.05) is 6.54 Å². The maximum atomic E-state index is 4.85. The molecule has 18 heavy (non-hydrogen) atoms. The van der Waals surface area contributed by atoms with Gasteiger partial charge in [-0.3, -0.25) is 0 Å². The molecule has 0 aromatic carbocycles. The molecule has 1 saturated heterocycles. The molecule has 2 rings (SSSR count). The fourth-order valence-corrected chi connectivity index (χ4v) is 3.83. The monoisotopic (exact) mass is 266 g/mol. The summed E-state index contributed by atoms with van der Waals surface area (Å²) in [7, 11) is 0. The van der Waals surface area contributed by atoms with Crippen molar-refractivity contribution in [2.24, 2.45) is 5.92 Å². The van der Waals surface area contributed by atoms with Crippen LogP contribution in [0.25, 0.3) is 0 Å². The van der Waals surface area contributed by atoms with E-state index in [1.165, 1.54) is 23.5 Å². The smallest absolute Gasteiger partial charge is 0.0947 e. The van der Waals surface area contributed by atoms with E-state index in [1.54, 1.807) is 0 Å². The molecule has 0 radical (unpaired) electrons. The van der Waals surface area contributed by atoms with E-state index in [4.69, 9.17) is 4.98 Å². The van der Waals surface area contributed by atoms with Gasteiger partial charge in [0.1, 0.15) is 0 Å². The third-order valence-electron chi connectivity index (χ3n) is 4.17. The summed E-state index contributed by atoms with van der Waals surface area (Å²) in [6.07, 6.45) is 3.68. The van der Waals surface area contributed by atoms with Crippen LogP contribution in [0.3, 0.4) is 0 Å². The van der Waals surface area contributed by atoms with E-state index in [-0.39, 0.29) is 11.0 Å². The molecule has 0 aliphatic carbocycles. The molecular formula is C15H26N2S. The zero-order chi connectivity index (χ0) is 13.4. The fourth-order valence-electron chi connectivity index (χ4n) is 2.68. The predicted molar refractivity (Wildman–Crippen MR) is 79.3 cm³/mol. The van der Waals surface area contributed by atoms with Crippen LogP contribution in [0.15, 0.2) is 5.38 Å². The van der Waals surface area contributed by atoms with E-state index in [2.05, 4.69) is 45.3 Å². The molecule has 3 heteroatoms. The molecule has 0 spiro atoms. The fraction of sp³-hybridized carbons (Fsp3) is 0.800. The van der Waals surface area contributed by atoms with Crippen LogP contribution in [0.5, 0.6) is 0 Å². The van der Waals surface area contributed by atoms with Crippen LogP contribution in [0.4, 0.5) is 0 Å². The first-order valence-electron chi connectivity index (χ1n) is 7.03. The van der Waals surface area contributed by atoms with E-state index in [9.17, 15) is 0 Å². The van der Waals surface area contributed by atoms with Crippen LogP contribution >= 0.6 is 11.3 Å². The first-order chi connectivity index (χ1) is 8.33. The quantitative estimate of drug-likeness (QED) is 0.901. The zero-order valence-corrected chi connectivity index (χ0v) is 13.2. The lowest BCUT2D eigenvalue weighted by molar-refractivity contribution is 0.269. The van der Waals surface area contributed by atoms with Gasteiger partial charge in [0.15, 0.2) is 0 Å². The highest BCUT2D eigenvalue weighted by Crippen LogP contribution is 2.33. The Morgan fingerprint density at radius 3 is 2.61 bits per heavy atom. The number of hydrogen-bond donors (Lipinski definition) is 1. The molecule has 1 aliphatic rings. The van der Waals surface area contributed by atoms with Crippen molar-refractivity contribution >= 4 is 11.3 Å². The number of aromatic nitrogens is 1. The molecule has 0 bridgehead atoms. The van der Waals surface area contributed by atoms with Gasteiger partial charge in [0.2, 0.25) is 0 Å². The minimum atomic E-state index is 0.169. The summed E-state index contributed by atoms with van der Waals surface area (Å²) < 4.78 is 0. The Morgan fingerprint density at radius 1 is 1.44 bits per heavy atom. The van der Waals surface area contributed by atoms with Gasteiger partial charge in [0, 0.05) is 22.8 Å². The Morgan fingerprint density at radius 2 is 2.17 bits per heavy atom. The molecule has 1 atom stereocenters. The average molecular weight is 266 g/mol. The summed E-state index contributed by atoms with van der Waals surface area (Å²) >= 11 is 1.83. The molecule has 1 fully saturated rings. The first-order valence-corrected chi connectivity index (χ1v) is 7.91. The van der Waals surface area contributed by atoms with E-state index in [1.807, 2.05) is 11.3 Å². The van der Waals surface area contributed by atoms with Crippen LogP contribution in [0.2, 0.25) is 0 Å². The van der Waals surface area contributed by atoms with Gasteiger partial charge in [-0.2, -0.15) is 0 Å². The van der Waals surface area contributed by atoms with Crippen molar-refractivity contribution in [3.63, 3.8) is 0 Å². The molecule has 2 heterocycles. The van der Waals surface area contributed by atoms with Crippen molar-refractivity contribution in [1.29, 1.82) is 0 Å². The number of rotatable bonds is 3. The van der Waals surface area contributed by atoms with E-state index in [0.717, 1.165) is 13.0 Å². The highest BCUT2D eigenvalue weighted by Gasteiger charge is 2.37. The van der Waals surface area contributed by atoms with Gasteiger partial charge in [-0.05, 0) is 25.3 Å². The average Bonchev–Trinajstić information content (AvgIpc) is 2.86. The van der Waals surface area contributed by atoms with Gasteiger partial charge >= 0.3 is 0 Å². The van der Waals surface area contributed by atoms with E-state index in [0.29, 0.717) is 5.92 Å². The summed E-state index contributed by atoms with van der Waals surface area (Å²) in [5.74, 6) is 0.669. The largest absolute Gasteiger partial charge is 0.311 e. The van der Waals surface area contributed by atoms with Crippen LogP contribution in [-0.2, 0) is 11.8 Å². The van der Waals surface area contributed by atoms with Gasteiger partial charge in [0.05, 0.1) is 10.7 Å². The second-order valence-electron chi connectivity index (χ2n) is 6.89. The van der Waals surface area contributed by atoms with Crippen molar-refractivity contribution < 1.29 is 0 Å². The lowest BCUT2D eigenvalue weighted by Crippen LogP contribution is -2.46. The lowest BCUT2D eigenvalue weighted by atomic mass is 9.82. The van der Waals surface area contributed by atoms with Gasteiger partial charge < -0.3 is 5.32 Å². The molecule has 1 aliphatic heterocycles. The lowest BCUT2D eigenvalue weighted by Gasteiger charge is -2.33. The Kier molecular flexibility index (Phi) is 3.84. The highest BCUT2D eigenvalue weighted by atomic mass is 32.1. The second kappa shape index (κ2) is 4.93. The molecular weight excluding hydrogens is 240 g/mol. The second-order valence-corrected chi connectivity index (χ2v) is 7.84. The summed E-state index contributed by atoms with van der Waals surface area (Å²) in [6.45, 7) is 12.5. The van der Waals surface area contributed by atoms with Gasteiger partial charge in [0.25, 0.3) is 0 Å². The molecule has 1 N–H and O–H groups in total. The van der Waals surface area contributed by atoms with Crippen LogP contribution in [0, 0.1) is 5.92 Å². The zero-order valence-electron chi connectivity index (χ0n) is 12.3. The van der Waals surface area contributed by atoms with Crippen LogP contribution in [-0.4, -0.2) is 17.1 Å². The Bertz CT molecular complexity index is 395.